The quantitative estimate of drug-likeness (QED) is 0.828. The zero-order valence-corrected chi connectivity index (χ0v) is 13.9. The molecule has 1 N–H and O–H groups in total. The van der Waals surface area contributed by atoms with Crippen LogP contribution in [0.1, 0.15) is 46.1 Å². The van der Waals surface area contributed by atoms with Crippen LogP contribution in [0.5, 0.6) is 5.75 Å². The Morgan fingerprint density at radius 2 is 2.05 bits per heavy atom. The Balaban J connectivity index is 2.83. The molecule has 0 bridgehead atoms. The molecule has 4 heteroatoms. The lowest BCUT2D eigenvalue weighted by Gasteiger charge is -2.25. The first kappa shape index (κ1) is 17.5. The number of rotatable bonds is 7. The van der Waals surface area contributed by atoms with Gasteiger partial charge in [0.25, 0.3) is 5.91 Å². The molecule has 2 unspecified atom stereocenters. The van der Waals surface area contributed by atoms with Crippen LogP contribution >= 0.6 is 0 Å². The van der Waals surface area contributed by atoms with E-state index in [-0.39, 0.29) is 12.0 Å². The first-order valence-electron chi connectivity index (χ1n) is 7.50. The summed E-state index contributed by atoms with van der Waals surface area (Å²) in [6.07, 6.45) is 1.76. The minimum Gasteiger partial charge on any atom is -0.490 e. The molecular formula is C17H27NO3. The van der Waals surface area contributed by atoms with Crippen molar-refractivity contribution in [1.82, 2.24) is 0 Å². The largest absolute Gasteiger partial charge is 0.490 e. The molecule has 0 saturated heterocycles. The third kappa shape index (κ3) is 4.46. The van der Waals surface area contributed by atoms with Gasteiger partial charge < -0.3 is 14.8 Å². The van der Waals surface area contributed by atoms with Gasteiger partial charge in [0.2, 0.25) is 0 Å². The van der Waals surface area contributed by atoms with Gasteiger partial charge in [0.1, 0.15) is 11.4 Å². The average molecular weight is 293 g/mol. The van der Waals surface area contributed by atoms with E-state index in [1.165, 1.54) is 0 Å². The minimum atomic E-state index is -0.806. The fourth-order valence-corrected chi connectivity index (χ4v) is 1.82. The average Bonchev–Trinajstić information content (AvgIpc) is 2.48. The van der Waals surface area contributed by atoms with Gasteiger partial charge in [0, 0.05) is 12.8 Å². The fourth-order valence-electron chi connectivity index (χ4n) is 1.82. The molecule has 0 fully saturated rings. The number of carbonyl (C=O) groups excluding carboxylic acids is 1. The van der Waals surface area contributed by atoms with Crippen molar-refractivity contribution >= 4 is 11.6 Å². The summed E-state index contributed by atoms with van der Waals surface area (Å²) in [7, 11) is 1.55. The van der Waals surface area contributed by atoms with Crippen molar-refractivity contribution in [3.63, 3.8) is 0 Å². The minimum absolute atomic E-state index is 0.137. The summed E-state index contributed by atoms with van der Waals surface area (Å²) in [6, 6.07) is 5.67. The standard InChI is InChI=1S/C17H27NO3/c1-7-13(4)21-15-10-9-14(11-12(15)3)18-16(19)17(5,8-2)20-6/h9-11,13H,7-8H2,1-6H3,(H,18,19). The van der Waals surface area contributed by atoms with Gasteiger partial charge >= 0.3 is 0 Å². The molecule has 0 spiro atoms. The lowest BCUT2D eigenvalue weighted by atomic mass is 10.0. The second-order valence-electron chi connectivity index (χ2n) is 5.56. The van der Waals surface area contributed by atoms with Gasteiger partial charge in [-0.1, -0.05) is 13.8 Å². The molecule has 0 heterocycles. The molecule has 118 valence electrons. The number of aryl methyl sites for hydroxylation is 1. The van der Waals surface area contributed by atoms with E-state index < -0.39 is 5.60 Å². The Kier molecular flexibility index (Phi) is 6.21. The molecule has 21 heavy (non-hydrogen) atoms. The maximum absolute atomic E-state index is 12.2. The maximum Gasteiger partial charge on any atom is 0.256 e. The normalized spacial score (nSPS) is 15.1. The van der Waals surface area contributed by atoms with Crippen LogP contribution in [0.2, 0.25) is 0 Å². The Hall–Kier alpha value is -1.55. The molecule has 0 aliphatic rings. The van der Waals surface area contributed by atoms with E-state index in [1.54, 1.807) is 14.0 Å². The van der Waals surface area contributed by atoms with Crippen LogP contribution in [0, 0.1) is 6.92 Å². The van der Waals surface area contributed by atoms with Gasteiger partial charge in [0.15, 0.2) is 0 Å². The van der Waals surface area contributed by atoms with Crippen molar-refractivity contribution in [2.75, 3.05) is 12.4 Å². The highest BCUT2D eigenvalue weighted by Crippen LogP contribution is 2.25. The number of ether oxygens (including phenoxy) is 2. The van der Waals surface area contributed by atoms with Crippen molar-refractivity contribution in [1.29, 1.82) is 0 Å². The topological polar surface area (TPSA) is 47.6 Å². The van der Waals surface area contributed by atoms with E-state index >= 15 is 0 Å². The number of methoxy groups -OCH3 is 1. The van der Waals surface area contributed by atoms with Crippen LogP contribution in [0.15, 0.2) is 18.2 Å². The SMILES string of the molecule is CCC(C)Oc1ccc(NC(=O)C(C)(CC)OC)cc1C. The number of anilines is 1. The maximum atomic E-state index is 12.2. The molecular weight excluding hydrogens is 266 g/mol. The molecule has 0 aromatic heterocycles. The highest BCUT2D eigenvalue weighted by Gasteiger charge is 2.30. The summed E-state index contributed by atoms with van der Waals surface area (Å²) in [5, 5.41) is 2.90. The van der Waals surface area contributed by atoms with Gasteiger partial charge in [-0.05, 0) is 57.4 Å². The predicted molar refractivity (Wildman–Crippen MR) is 85.9 cm³/mol. The fraction of sp³-hybridized carbons (Fsp3) is 0.588. The van der Waals surface area contributed by atoms with Gasteiger partial charge in [-0.2, -0.15) is 0 Å². The second kappa shape index (κ2) is 7.46. The zero-order chi connectivity index (χ0) is 16.0. The molecule has 1 rings (SSSR count). The first-order chi connectivity index (χ1) is 9.86. The van der Waals surface area contributed by atoms with Crippen molar-refractivity contribution in [3.05, 3.63) is 23.8 Å². The van der Waals surface area contributed by atoms with E-state index in [0.29, 0.717) is 6.42 Å². The van der Waals surface area contributed by atoms with Gasteiger partial charge in [-0.15, -0.1) is 0 Å². The predicted octanol–water partition coefficient (Wildman–Crippen LogP) is 3.93. The number of hydrogen-bond donors (Lipinski definition) is 1. The summed E-state index contributed by atoms with van der Waals surface area (Å²) >= 11 is 0. The van der Waals surface area contributed by atoms with Crippen LogP contribution in [0.4, 0.5) is 5.69 Å². The Labute approximate surface area is 127 Å². The highest BCUT2D eigenvalue weighted by atomic mass is 16.5. The lowest BCUT2D eigenvalue weighted by molar-refractivity contribution is -0.136. The van der Waals surface area contributed by atoms with Crippen LogP contribution in [0.3, 0.4) is 0 Å². The highest BCUT2D eigenvalue weighted by molar-refractivity contribution is 5.97. The summed E-state index contributed by atoms with van der Waals surface area (Å²) < 4.78 is 11.1. The third-order valence-corrected chi connectivity index (χ3v) is 3.94. The number of amides is 1. The molecule has 0 aliphatic heterocycles. The monoisotopic (exact) mass is 293 g/mol. The van der Waals surface area contributed by atoms with E-state index in [9.17, 15) is 4.79 Å². The van der Waals surface area contributed by atoms with E-state index in [1.807, 2.05) is 39.0 Å². The van der Waals surface area contributed by atoms with Crippen molar-refractivity contribution in [2.24, 2.45) is 0 Å². The molecule has 0 saturated carbocycles. The van der Waals surface area contributed by atoms with Crippen LogP contribution < -0.4 is 10.1 Å². The Bertz CT molecular complexity index is 481. The molecule has 1 aromatic carbocycles. The van der Waals surface area contributed by atoms with Gasteiger partial charge in [0.05, 0.1) is 6.10 Å². The molecule has 4 nitrogen and oxygen atoms in total. The van der Waals surface area contributed by atoms with Crippen LogP contribution in [-0.2, 0) is 9.53 Å². The number of benzene rings is 1. The smallest absolute Gasteiger partial charge is 0.256 e. The van der Waals surface area contributed by atoms with Crippen LogP contribution in [0.25, 0.3) is 0 Å². The molecule has 1 aromatic rings. The second-order valence-corrected chi connectivity index (χ2v) is 5.56. The summed E-state index contributed by atoms with van der Waals surface area (Å²) in [5.41, 5.74) is 0.953. The van der Waals surface area contributed by atoms with Crippen molar-refractivity contribution in [3.8, 4) is 5.75 Å². The third-order valence-electron chi connectivity index (χ3n) is 3.94. The summed E-state index contributed by atoms with van der Waals surface area (Å²) in [5.74, 6) is 0.717. The van der Waals surface area contributed by atoms with E-state index in [0.717, 1.165) is 23.4 Å². The Morgan fingerprint density at radius 1 is 1.38 bits per heavy atom. The van der Waals surface area contributed by atoms with E-state index in [4.69, 9.17) is 9.47 Å². The number of hydrogen-bond acceptors (Lipinski definition) is 3. The molecule has 1 amide bonds. The number of carbonyl (C=O) groups is 1. The molecule has 2 atom stereocenters. The first-order valence-corrected chi connectivity index (χ1v) is 7.50. The molecule has 0 aliphatic carbocycles. The van der Waals surface area contributed by atoms with E-state index in [2.05, 4.69) is 12.2 Å². The lowest BCUT2D eigenvalue weighted by Crippen LogP contribution is -2.41. The van der Waals surface area contributed by atoms with Crippen molar-refractivity contribution in [2.45, 2.75) is 59.2 Å². The Morgan fingerprint density at radius 3 is 2.52 bits per heavy atom. The summed E-state index contributed by atoms with van der Waals surface area (Å²) in [6.45, 7) is 9.82. The molecule has 0 radical (unpaired) electrons. The van der Waals surface area contributed by atoms with Gasteiger partial charge in [-0.3, -0.25) is 4.79 Å². The van der Waals surface area contributed by atoms with Gasteiger partial charge in [-0.25, -0.2) is 0 Å². The zero-order valence-electron chi connectivity index (χ0n) is 13.9. The summed E-state index contributed by atoms with van der Waals surface area (Å²) in [4.78, 5) is 12.2. The number of nitrogens with one attached hydrogen (secondary N) is 1. The van der Waals surface area contributed by atoms with Crippen LogP contribution in [-0.4, -0.2) is 24.7 Å². The van der Waals surface area contributed by atoms with Crippen molar-refractivity contribution < 1.29 is 14.3 Å².